The minimum atomic E-state index is -0.151. The van der Waals surface area contributed by atoms with Gasteiger partial charge >= 0.3 is 0 Å². The summed E-state index contributed by atoms with van der Waals surface area (Å²) in [4.78, 5) is 16.7. The Bertz CT molecular complexity index is 402. The molecular weight excluding hydrogens is 230 g/mol. The van der Waals surface area contributed by atoms with Crippen LogP contribution < -0.4 is 10.2 Å². The van der Waals surface area contributed by atoms with Crippen molar-refractivity contribution in [2.75, 3.05) is 13.7 Å². The van der Waals surface area contributed by atoms with Gasteiger partial charge in [0.25, 0.3) is 0 Å². The first-order valence-electron chi connectivity index (χ1n) is 6.07. The highest BCUT2D eigenvalue weighted by Gasteiger charge is 2.06. The third kappa shape index (κ3) is 4.75. The molecular formula is C14H21NO3. The number of nitrogens with one attached hydrogen (secondary N) is 1. The van der Waals surface area contributed by atoms with Crippen molar-refractivity contribution in [3.8, 4) is 5.75 Å². The lowest BCUT2D eigenvalue weighted by atomic mass is 10.1. The number of amides is 1. The number of hydrogen-bond donors (Lipinski definition) is 1. The first kappa shape index (κ1) is 14.5. The second-order valence-corrected chi connectivity index (χ2v) is 4.71. The average Bonchev–Trinajstić information content (AvgIpc) is 2.31. The maximum Gasteiger partial charge on any atom is 0.247 e. The number of rotatable bonds is 6. The van der Waals surface area contributed by atoms with Crippen LogP contribution >= 0.6 is 0 Å². The molecule has 0 fully saturated rings. The van der Waals surface area contributed by atoms with Crippen molar-refractivity contribution >= 4 is 5.91 Å². The maximum atomic E-state index is 11.6. The lowest BCUT2D eigenvalue weighted by Crippen LogP contribution is -2.27. The normalized spacial score (nSPS) is 10.5. The standard InChI is InChI=1S/C14H21NO3/c1-10(2)9-18-15-14(16)8-12-6-5-11(3)13(7-12)17-4/h5-7,10H,8-9H2,1-4H3,(H,15,16). The number of hydroxylamine groups is 1. The van der Waals surface area contributed by atoms with Crippen molar-refractivity contribution in [1.29, 1.82) is 0 Å². The fourth-order valence-corrected chi connectivity index (χ4v) is 1.48. The molecule has 4 nitrogen and oxygen atoms in total. The van der Waals surface area contributed by atoms with Crippen molar-refractivity contribution in [3.63, 3.8) is 0 Å². The summed E-state index contributed by atoms with van der Waals surface area (Å²) in [6.07, 6.45) is 0.286. The monoisotopic (exact) mass is 251 g/mol. The Balaban J connectivity index is 2.49. The van der Waals surface area contributed by atoms with Crippen LogP contribution in [0.3, 0.4) is 0 Å². The van der Waals surface area contributed by atoms with Gasteiger partial charge in [-0.2, -0.15) is 0 Å². The lowest BCUT2D eigenvalue weighted by molar-refractivity contribution is -0.133. The molecule has 0 spiro atoms. The molecule has 0 aromatic heterocycles. The van der Waals surface area contributed by atoms with Crippen LogP contribution in [0.1, 0.15) is 25.0 Å². The van der Waals surface area contributed by atoms with Crippen molar-refractivity contribution < 1.29 is 14.4 Å². The van der Waals surface area contributed by atoms with Gasteiger partial charge in [0.05, 0.1) is 20.1 Å². The topological polar surface area (TPSA) is 47.6 Å². The molecule has 4 heteroatoms. The summed E-state index contributed by atoms with van der Waals surface area (Å²) in [5.41, 5.74) is 4.39. The highest BCUT2D eigenvalue weighted by Crippen LogP contribution is 2.19. The van der Waals surface area contributed by atoms with E-state index in [1.165, 1.54) is 0 Å². The Morgan fingerprint density at radius 3 is 2.72 bits per heavy atom. The first-order chi connectivity index (χ1) is 8.52. The summed E-state index contributed by atoms with van der Waals surface area (Å²) in [6, 6.07) is 5.73. The van der Waals surface area contributed by atoms with E-state index in [1.54, 1.807) is 7.11 Å². The van der Waals surface area contributed by atoms with Crippen LogP contribution in [-0.2, 0) is 16.1 Å². The quantitative estimate of drug-likeness (QED) is 0.789. The molecule has 0 aliphatic heterocycles. The van der Waals surface area contributed by atoms with Gasteiger partial charge in [0.2, 0.25) is 5.91 Å². The zero-order valence-electron chi connectivity index (χ0n) is 11.4. The van der Waals surface area contributed by atoms with Crippen LogP contribution in [0.4, 0.5) is 0 Å². The Morgan fingerprint density at radius 1 is 1.39 bits per heavy atom. The van der Waals surface area contributed by atoms with Crippen molar-refractivity contribution in [1.82, 2.24) is 5.48 Å². The molecule has 1 rings (SSSR count). The molecule has 18 heavy (non-hydrogen) atoms. The minimum absolute atomic E-state index is 0.151. The molecule has 1 amide bonds. The SMILES string of the molecule is COc1cc(CC(=O)NOCC(C)C)ccc1C. The van der Waals surface area contributed by atoms with Crippen LogP contribution in [0.25, 0.3) is 0 Å². The minimum Gasteiger partial charge on any atom is -0.496 e. The van der Waals surface area contributed by atoms with Crippen LogP contribution in [0.15, 0.2) is 18.2 Å². The molecule has 1 aromatic carbocycles. The Labute approximate surface area is 108 Å². The highest BCUT2D eigenvalue weighted by molar-refractivity contribution is 5.77. The van der Waals surface area contributed by atoms with E-state index in [0.717, 1.165) is 16.9 Å². The number of hydrogen-bond acceptors (Lipinski definition) is 3. The van der Waals surface area contributed by atoms with Crippen LogP contribution in [0.2, 0.25) is 0 Å². The largest absolute Gasteiger partial charge is 0.496 e. The molecule has 0 atom stereocenters. The maximum absolute atomic E-state index is 11.6. The van der Waals surface area contributed by atoms with Gasteiger partial charge in [-0.3, -0.25) is 9.63 Å². The molecule has 0 bridgehead atoms. The van der Waals surface area contributed by atoms with Gasteiger partial charge in [-0.05, 0) is 30.0 Å². The molecule has 0 saturated carbocycles. The molecule has 100 valence electrons. The number of ether oxygens (including phenoxy) is 1. The number of methoxy groups -OCH3 is 1. The van der Waals surface area contributed by atoms with E-state index >= 15 is 0 Å². The van der Waals surface area contributed by atoms with Crippen LogP contribution in [0, 0.1) is 12.8 Å². The van der Waals surface area contributed by atoms with Crippen molar-refractivity contribution in [3.05, 3.63) is 29.3 Å². The summed E-state index contributed by atoms with van der Waals surface area (Å²) >= 11 is 0. The fraction of sp³-hybridized carbons (Fsp3) is 0.500. The van der Waals surface area contributed by atoms with Gasteiger partial charge in [0, 0.05) is 0 Å². The summed E-state index contributed by atoms with van der Waals surface area (Å²) < 4.78 is 5.22. The Morgan fingerprint density at radius 2 is 2.11 bits per heavy atom. The van der Waals surface area contributed by atoms with Gasteiger partial charge in [-0.1, -0.05) is 26.0 Å². The number of carbonyl (C=O) groups is 1. The van der Waals surface area contributed by atoms with Crippen LogP contribution in [-0.4, -0.2) is 19.6 Å². The van der Waals surface area contributed by atoms with Crippen LogP contribution in [0.5, 0.6) is 5.75 Å². The molecule has 0 heterocycles. The molecule has 0 aliphatic rings. The summed E-state index contributed by atoms with van der Waals surface area (Å²) in [5, 5.41) is 0. The van der Waals surface area contributed by atoms with Crippen molar-refractivity contribution in [2.24, 2.45) is 5.92 Å². The van der Waals surface area contributed by atoms with E-state index in [2.05, 4.69) is 5.48 Å². The molecule has 0 unspecified atom stereocenters. The highest BCUT2D eigenvalue weighted by atomic mass is 16.6. The average molecular weight is 251 g/mol. The van der Waals surface area contributed by atoms with Gasteiger partial charge in [0.15, 0.2) is 0 Å². The fourth-order valence-electron chi connectivity index (χ4n) is 1.48. The third-order valence-corrected chi connectivity index (χ3v) is 2.44. The van der Waals surface area contributed by atoms with E-state index in [0.29, 0.717) is 12.5 Å². The zero-order chi connectivity index (χ0) is 13.5. The van der Waals surface area contributed by atoms with E-state index < -0.39 is 0 Å². The molecule has 0 saturated heterocycles. The van der Waals surface area contributed by atoms with Gasteiger partial charge in [-0.15, -0.1) is 0 Å². The van der Waals surface area contributed by atoms with E-state index in [1.807, 2.05) is 39.0 Å². The number of carbonyl (C=O) groups excluding carboxylic acids is 1. The number of benzene rings is 1. The molecule has 1 aromatic rings. The van der Waals surface area contributed by atoms with Gasteiger partial charge < -0.3 is 4.74 Å². The zero-order valence-corrected chi connectivity index (χ0v) is 11.4. The second kappa shape index (κ2) is 7.01. The lowest BCUT2D eigenvalue weighted by Gasteiger charge is -2.09. The first-order valence-corrected chi connectivity index (χ1v) is 6.07. The van der Waals surface area contributed by atoms with Gasteiger partial charge in [-0.25, -0.2) is 5.48 Å². The predicted octanol–water partition coefficient (Wildman–Crippen LogP) is 2.25. The summed E-state index contributed by atoms with van der Waals surface area (Å²) in [7, 11) is 1.62. The number of aryl methyl sites for hydroxylation is 1. The molecule has 1 N–H and O–H groups in total. The third-order valence-electron chi connectivity index (χ3n) is 2.44. The van der Waals surface area contributed by atoms with Crippen molar-refractivity contribution in [2.45, 2.75) is 27.2 Å². The Kier molecular flexibility index (Phi) is 5.65. The smallest absolute Gasteiger partial charge is 0.247 e. The molecule has 0 radical (unpaired) electrons. The summed E-state index contributed by atoms with van der Waals surface area (Å²) in [5.74, 6) is 1.04. The Hall–Kier alpha value is -1.55. The molecule has 0 aliphatic carbocycles. The van der Waals surface area contributed by atoms with E-state index in [9.17, 15) is 4.79 Å². The van der Waals surface area contributed by atoms with E-state index in [-0.39, 0.29) is 12.3 Å². The summed E-state index contributed by atoms with van der Waals surface area (Å²) in [6.45, 7) is 6.53. The second-order valence-electron chi connectivity index (χ2n) is 4.71. The van der Waals surface area contributed by atoms with Gasteiger partial charge in [0.1, 0.15) is 5.75 Å². The van der Waals surface area contributed by atoms with E-state index in [4.69, 9.17) is 9.57 Å². The predicted molar refractivity (Wildman–Crippen MR) is 70.4 cm³/mol.